The van der Waals surface area contributed by atoms with Gasteiger partial charge in [-0.15, -0.1) is 0 Å². The smallest absolute Gasteiger partial charge is 0.191 e. The van der Waals surface area contributed by atoms with Gasteiger partial charge < -0.3 is 15.5 Å². The lowest BCUT2D eigenvalue weighted by atomic mass is 10.1. The van der Waals surface area contributed by atoms with Gasteiger partial charge in [0.05, 0.1) is 0 Å². The van der Waals surface area contributed by atoms with E-state index in [2.05, 4.69) is 56.7 Å². The lowest BCUT2D eigenvalue weighted by Crippen LogP contribution is -2.43. The van der Waals surface area contributed by atoms with Gasteiger partial charge in [0, 0.05) is 44.6 Å². The van der Waals surface area contributed by atoms with Crippen LogP contribution in [0.5, 0.6) is 0 Å². The first-order valence-corrected chi connectivity index (χ1v) is 9.44. The van der Waals surface area contributed by atoms with Crippen molar-refractivity contribution in [3.63, 3.8) is 0 Å². The fourth-order valence-corrected chi connectivity index (χ4v) is 3.48. The largest absolute Gasteiger partial charge is 0.367 e. The Kier molecular flexibility index (Phi) is 6.34. The quantitative estimate of drug-likeness (QED) is 0.465. The highest BCUT2D eigenvalue weighted by atomic mass is 35.5. The SMILES string of the molecule is CN=C(NCCc1ccc(Cl)nc1)NCCN1c2ccccc2CC1C. The number of nitrogens with one attached hydrogen (secondary N) is 2. The number of aliphatic imine (C=N–C) groups is 1. The Morgan fingerprint density at radius 2 is 2.04 bits per heavy atom. The lowest BCUT2D eigenvalue weighted by molar-refractivity contribution is 0.656. The molecule has 3 rings (SSSR count). The van der Waals surface area contributed by atoms with E-state index in [0.717, 1.165) is 44.0 Å². The molecule has 1 aliphatic rings. The van der Waals surface area contributed by atoms with Crippen LogP contribution in [0.25, 0.3) is 0 Å². The number of guanidine groups is 1. The summed E-state index contributed by atoms with van der Waals surface area (Å²) in [7, 11) is 1.80. The van der Waals surface area contributed by atoms with Crippen molar-refractivity contribution in [2.75, 3.05) is 31.6 Å². The van der Waals surface area contributed by atoms with Gasteiger partial charge in [0.1, 0.15) is 5.15 Å². The number of benzene rings is 1. The molecule has 2 heterocycles. The van der Waals surface area contributed by atoms with E-state index in [1.165, 1.54) is 11.3 Å². The van der Waals surface area contributed by atoms with E-state index < -0.39 is 0 Å². The van der Waals surface area contributed by atoms with Crippen LogP contribution in [-0.2, 0) is 12.8 Å². The van der Waals surface area contributed by atoms with E-state index in [1.54, 1.807) is 7.05 Å². The second kappa shape index (κ2) is 8.90. The van der Waals surface area contributed by atoms with Gasteiger partial charge in [-0.1, -0.05) is 35.9 Å². The average molecular weight is 372 g/mol. The average Bonchev–Trinajstić information content (AvgIpc) is 2.97. The van der Waals surface area contributed by atoms with Crippen LogP contribution in [0.4, 0.5) is 5.69 Å². The Balaban J connectivity index is 1.42. The van der Waals surface area contributed by atoms with Crippen LogP contribution >= 0.6 is 11.6 Å². The number of pyridine rings is 1. The number of hydrogen-bond donors (Lipinski definition) is 2. The predicted octanol–water partition coefficient (Wildman–Crippen LogP) is 2.89. The highest BCUT2D eigenvalue weighted by Gasteiger charge is 2.24. The van der Waals surface area contributed by atoms with E-state index >= 15 is 0 Å². The molecule has 26 heavy (non-hydrogen) atoms. The lowest BCUT2D eigenvalue weighted by Gasteiger charge is -2.25. The molecule has 0 saturated carbocycles. The third-order valence-electron chi connectivity index (χ3n) is 4.71. The van der Waals surface area contributed by atoms with Crippen LogP contribution < -0.4 is 15.5 Å². The third kappa shape index (κ3) is 4.67. The second-order valence-electron chi connectivity index (χ2n) is 6.54. The highest BCUT2D eigenvalue weighted by Crippen LogP contribution is 2.31. The van der Waals surface area contributed by atoms with Gasteiger partial charge in [-0.3, -0.25) is 4.99 Å². The molecular weight excluding hydrogens is 346 g/mol. The van der Waals surface area contributed by atoms with Crippen LogP contribution in [0.3, 0.4) is 0 Å². The summed E-state index contributed by atoms with van der Waals surface area (Å²) >= 11 is 5.81. The molecule has 6 heteroatoms. The Hall–Kier alpha value is -2.27. The molecule has 0 spiro atoms. The number of para-hydroxylation sites is 1. The topological polar surface area (TPSA) is 52.6 Å². The van der Waals surface area contributed by atoms with Crippen molar-refractivity contribution < 1.29 is 0 Å². The Labute approximate surface area is 160 Å². The first-order chi connectivity index (χ1) is 12.7. The molecular formula is C20H26ClN5. The van der Waals surface area contributed by atoms with Crippen molar-refractivity contribution in [2.24, 2.45) is 4.99 Å². The predicted molar refractivity (Wildman–Crippen MR) is 109 cm³/mol. The molecule has 1 aliphatic heterocycles. The van der Waals surface area contributed by atoms with Gasteiger partial charge >= 0.3 is 0 Å². The van der Waals surface area contributed by atoms with Crippen molar-refractivity contribution >= 4 is 23.2 Å². The van der Waals surface area contributed by atoms with Gasteiger partial charge in [0.2, 0.25) is 0 Å². The molecule has 0 fully saturated rings. The first-order valence-electron chi connectivity index (χ1n) is 9.07. The van der Waals surface area contributed by atoms with Gasteiger partial charge in [-0.25, -0.2) is 4.98 Å². The monoisotopic (exact) mass is 371 g/mol. The normalized spacial score (nSPS) is 16.5. The molecule has 1 aromatic heterocycles. The fourth-order valence-electron chi connectivity index (χ4n) is 3.37. The maximum atomic E-state index is 5.81. The number of rotatable bonds is 6. The third-order valence-corrected chi connectivity index (χ3v) is 4.94. The Bertz CT molecular complexity index is 744. The van der Waals surface area contributed by atoms with Crippen LogP contribution in [0, 0.1) is 0 Å². The zero-order chi connectivity index (χ0) is 18.4. The van der Waals surface area contributed by atoms with E-state index in [4.69, 9.17) is 11.6 Å². The number of halogens is 1. The summed E-state index contributed by atoms with van der Waals surface area (Å²) in [6, 6.07) is 13.0. The van der Waals surface area contributed by atoms with Gasteiger partial charge in [-0.2, -0.15) is 0 Å². The molecule has 0 saturated heterocycles. The molecule has 2 N–H and O–H groups in total. The summed E-state index contributed by atoms with van der Waals surface area (Å²) < 4.78 is 0. The first kappa shape index (κ1) is 18.5. The maximum Gasteiger partial charge on any atom is 0.191 e. The second-order valence-corrected chi connectivity index (χ2v) is 6.93. The van der Waals surface area contributed by atoms with E-state index in [9.17, 15) is 0 Å². The zero-order valence-corrected chi connectivity index (χ0v) is 16.1. The molecule has 138 valence electrons. The van der Waals surface area contributed by atoms with Crippen LogP contribution in [0.15, 0.2) is 47.6 Å². The van der Waals surface area contributed by atoms with Gasteiger partial charge in [-0.05, 0) is 43.0 Å². The van der Waals surface area contributed by atoms with Crippen molar-refractivity contribution in [3.05, 3.63) is 58.9 Å². The number of aromatic nitrogens is 1. The van der Waals surface area contributed by atoms with Gasteiger partial charge in [0.25, 0.3) is 0 Å². The number of fused-ring (bicyclic) bond motifs is 1. The molecule has 1 unspecified atom stereocenters. The summed E-state index contributed by atoms with van der Waals surface area (Å²) in [6.07, 6.45) is 3.81. The van der Waals surface area contributed by atoms with Crippen LogP contribution in [0.1, 0.15) is 18.1 Å². The Morgan fingerprint density at radius 3 is 2.81 bits per heavy atom. The highest BCUT2D eigenvalue weighted by molar-refractivity contribution is 6.29. The molecule has 2 aromatic rings. The van der Waals surface area contributed by atoms with Crippen LogP contribution in [-0.4, -0.2) is 43.7 Å². The minimum absolute atomic E-state index is 0.525. The molecule has 5 nitrogen and oxygen atoms in total. The van der Waals surface area contributed by atoms with Crippen molar-refractivity contribution in [1.29, 1.82) is 0 Å². The molecule has 0 aliphatic carbocycles. The number of anilines is 1. The molecule has 1 aromatic carbocycles. The summed E-state index contributed by atoms with van der Waals surface area (Å²) in [5.74, 6) is 0.826. The summed E-state index contributed by atoms with van der Waals surface area (Å²) in [4.78, 5) is 10.9. The van der Waals surface area contributed by atoms with E-state index in [1.807, 2.05) is 18.3 Å². The zero-order valence-electron chi connectivity index (χ0n) is 15.4. The van der Waals surface area contributed by atoms with Crippen molar-refractivity contribution in [2.45, 2.75) is 25.8 Å². The molecule has 0 bridgehead atoms. The van der Waals surface area contributed by atoms with E-state index in [0.29, 0.717) is 11.2 Å². The fraction of sp³-hybridized carbons (Fsp3) is 0.400. The summed E-state index contributed by atoms with van der Waals surface area (Å²) in [6.45, 7) is 4.89. The number of hydrogen-bond acceptors (Lipinski definition) is 3. The molecule has 0 amide bonds. The van der Waals surface area contributed by atoms with Gasteiger partial charge in [0.15, 0.2) is 5.96 Å². The Morgan fingerprint density at radius 1 is 1.23 bits per heavy atom. The minimum atomic E-state index is 0.525. The van der Waals surface area contributed by atoms with Crippen LogP contribution in [0.2, 0.25) is 5.15 Å². The molecule has 1 atom stereocenters. The van der Waals surface area contributed by atoms with Crippen molar-refractivity contribution in [1.82, 2.24) is 15.6 Å². The number of nitrogens with zero attached hydrogens (tertiary/aromatic N) is 3. The maximum absolute atomic E-state index is 5.81. The summed E-state index contributed by atoms with van der Waals surface area (Å²) in [5, 5.41) is 7.28. The molecule has 0 radical (unpaired) electrons. The van der Waals surface area contributed by atoms with Crippen molar-refractivity contribution in [3.8, 4) is 0 Å². The minimum Gasteiger partial charge on any atom is -0.367 e. The summed E-state index contributed by atoms with van der Waals surface area (Å²) in [5.41, 5.74) is 3.96. The van der Waals surface area contributed by atoms with E-state index in [-0.39, 0.29) is 0 Å². The standard InChI is InChI=1S/C20H26ClN5/c1-15-13-17-5-3-4-6-18(17)26(15)12-11-24-20(22-2)23-10-9-16-7-8-19(21)25-14-16/h3-8,14-15H,9-13H2,1-2H3,(H2,22,23,24).